The first-order valence-electron chi connectivity index (χ1n) is 1.15. The summed E-state index contributed by atoms with van der Waals surface area (Å²) in [5.41, 5.74) is 0. The Bertz CT molecular complexity index is 69.2. The average molecular weight is 88.0 g/mol. The van der Waals surface area contributed by atoms with Crippen molar-refractivity contribution in [1.82, 2.24) is 5.32 Å². The molecule has 0 saturated heterocycles. The van der Waals surface area contributed by atoms with Crippen LogP contribution in [-0.4, -0.2) is 17.6 Å². The Kier molecular flexibility index (Phi) is 1.81. The van der Waals surface area contributed by atoms with Crippen LogP contribution in [0.4, 0.5) is 4.79 Å². The van der Waals surface area contributed by atoms with Crippen molar-refractivity contribution in [2.45, 2.75) is 0 Å². The van der Waals surface area contributed by atoms with Gasteiger partial charge in [-0.1, -0.05) is 0 Å². The van der Waals surface area contributed by atoms with Crippen molar-refractivity contribution >= 4 is 12.5 Å². The van der Waals surface area contributed by atoms with Gasteiger partial charge in [0, 0.05) is 0 Å². The number of amides is 2. The van der Waals surface area contributed by atoms with E-state index in [-0.39, 0.29) is 6.41 Å². The molecule has 0 unspecified atom stereocenters. The molecule has 0 fully saturated rings. The summed E-state index contributed by atoms with van der Waals surface area (Å²) in [7, 11) is 0. The van der Waals surface area contributed by atoms with Crippen LogP contribution in [-0.2, 0) is 4.79 Å². The summed E-state index contributed by atoms with van der Waals surface area (Å²) in [5.74, 6) is 0. The molecule has 0 atom stereocenters. The molecule has 0 aliphatic rings. The third kappa shape index (κ3) is 2.94. The molecule has 0 heterocycles. The maximum Gasteiger partial charge on any atom is 0.434 e. The molecule has 0 saturated carbocycles. The van der Waals surface area contributed by atoms with Gasteiger partial charge in [-0.3, -0.25) is 4.79 Å². The Morgan fingerprint density at radius 1 is 1.83 bits per heavy atom. The van der Waals surface area contributed by atoms with Gasteiger partial charge >= 0.3 is 6.09 Å². The van der Waals surface area contributed by atoms with Gasteiger partial charge in [0.15, 0.2) is 0 Å². The third-order valence-corrected chi connectivity index (χ3v) is 0.163. The van der Waals surface area contributed by atoms with Gasteiger partial charge in [0.05, 0.1) is 0 Å². The normalized spacial score (nSPS) is 6.67. The topological polar surface area (TPSA) is 68.5 Å². The monoisotopic (exact) mass is 88.0 g/mol. The van der Waals surface area contributed by atoms with E-state index in [0.717, 1.165) is 0 Å². The summed E-state index contributed by atoms with van der Waals surface area (Å²) in [4.78, 5) is 18.3. The lowest BCUT2D eigenvalue weighted by Crippen LogP contribution is -2.08. The lowest BCUT2D eigenvalue weighted by molar-refractivity contribution is -0.109. The molecule has 4 heteroatoms. The Hall–Kier alpha value is -1.06. The fourth-order valence-corrected chi connectivity index (χ4v) is 0.0451. The van der Waals surface area contributed by atoms with E-state index in [1.54, 1.807) is 0 Å². The highest BCUT2D eigenvalue weighted by molar-refractivity contribution is 5.77. The maximum atomic E-state index is 9.20. The van der Waals surface area contributed by atoms with E-state index in [1.165, 1.54) is 0 Å². The second-order valence-electron chi connectivity index (χ2n) is 0.517. The van der Waals surface area contributed by atoms with Crippen molar-refractivity contribution in [2.24, 2.45) is 0 Å². The van der Waals surface area contributed by atoms with Crippen LogP contribution in [0.2, 0.25) is 0 Å². The van der Waals surface area contributed by atoms with Crippen LogP contribution in [0.3, 0.4) is 0 Å². The zero-order chi connectivity index (χ0) is 4.99. The van der Waals surface area contributed by atoms with Gasteiger partial charge in [-0.05, 0) is 0 Å². The molecule has 33 valence electrons. The molecule has 0 aliphatic heterocycles. The van der Waals surface area contributed by atoms with Gasteiger partial charge in [-0.25, -0.2) is 4.79 Å². The highest BCUT2D eigenvalue weighted by Crippen LogP contribution is 1.52. The Balaban J connectivity index is 3.05. The first-order chi connectivity index (χ1) is 2.77. The standard InChI is InChI=1S/C2H2NO3/c4-1-3-2(5)6/h1H,(H,5,6). The number of hydrogen-bond acceptors (Lipinski definition) is 2. The SMILES string of the molecule is O=C[N]C(=O)O. The summed E-state index contributed by atoms with van der Waals surface area (Å²) in [5, 5.41) is 9.88. The maximum absolute atomic E-state index is 9.20. The minimum Gasteiger partial charge on any atom is -0.463 e. The summed E-state index contributed by atoms with van der Waals surface area (Å²) in [6, 6.07) is 0. The molecule has 1 N–H and O–H groups in total. The van der Waals surface area contributed by atoms with E-state index in [4.69, 9.17) is 9.90 Å². The first kappa shape index (κ1) is 4.94. The lowest BCUT2D eigenvalue weighted by Gasteiger charge is -1.72. The molecule has 4 nitrogen and oxygen atoms in total. The molecule has 0 aromatic rings. The summed E-state index contributed by atoms with van der Waals surface area (Å²) >= 11 is 0. The van der Waals surface area contributed by atoms with E-state index in [9.17, 15) is 4.79 Å². The molecule has 0 aliphatic carbocycles. The zero-order valence-electron chi connectivity index (χ0n) is 2.79. The van der Waals surface area contributed by atoms with Crippen LogP contribution in [0.15, 0.2) is 0 Å². The Morgan fingerprint density at radius 2 is 2.33 bits per heavy atom. The van der Waals surface area contributed by atoms with Crippen molar-refractivity contribution in [3.05, 3.63) is 0 Å². The van der Waals surface area contributed by atoms with E-state index in [2.05, 4.69) is 5.32 Å². The van der Waals surface area contributed by atoms with Gasteiger partial charge in [0.2, 0.25) is 6.41 Å². The number of imide groups is 1. The molecule has 0 aromatic heterocycles. The minimum atomic E-state index is -1.45. The summed E-state index contributed by atoms with van der Waals surface area (Å²) in [6.07, 6.45) is -1.48. The summed E-state index contributed by atoms with van der Waals surface area (Å²) < 4.78 is 0. The number of carbonyl (C=O) groups excluding carboxylic acids is 1. The second-order valence-corrected chi connectivity index (χ2v) is 0.517. The lowest BCUT2D eigenvalue weighted by atomic mass is 11.1. The van der Waals surface area contributed by atoms with E-state index in [1.807, 2.05) is 0 Å². The molecule has 0 rings (SSSR count). The van der Waals surface area contributed by atoms with Crippen molar-refractivity contribution in [3.63, 3.8) is 0 Å². The number of rotatable bonds is 1. The fraction of sp³-hybridized carbons (Fsp3) is 0. The van der Waals surface area contributed by atoms with Crippen molar-refractivity contribution < 1.29 is 14.7 Å². The predicted molar refractivity (Wildman–Crippen MR) is 16.2 cm³/mol. The van der Waals surface area contributed by atoms with E-state index >= 15 is 0 Å². The van der Waals surface area contributed by atoms with Crippen LogP contribution in [0.5, 0.6) is 0 Å². The Morgan fingerprint density at radius 3 is 2.33 bits per heavy atom. The molecule has 0 spiro atoms. The van der Waals surface area contributed by atoms with Gasteiger partial charge in [0.1, 0.15) is 0 Å². The number of carbonyl (C=O) groups is 2. The zero-order valence-corrected chi connectivity index (χ0v) is 2.79. The molecular weight excluding hydrogens is 86.0 g/mol. The van der Waals surface area contributed by atoms with Gasteiger partial charge in [-0.15, -0.1) is 5.32 Å². The number of nitrogens with zero attached hydrogens (tertiary/aromatic N) is 1. The highest BCUT2D eigenvalue weighted by Gasteiger charge is 1.87. The van der Waals surface area contributed by atoms with Gasteiger partial charge in [-0.2, -0.15) is 0 Å². The molecule has 2 amide bonds. The molecular formula is C2H2NO3. The van der Waals surface area contributed by atoms with Crippen LogP contribution < -0.4 is 5.32 Å². The van der Waals surface area contributed by atoms with Crippen LogP contribution >= 0.6 is 0 Å². The van der Waals surface area contributed by atoms with Gasteiger partial charge < -0.3 is 5.11 Å². The van der Waals surface area contributed by atoms with Crippen molar-refractivity contribution in [2.75, 3.05) is 0 Å². The first-order valence-corrected chi connectivity index (χ1v) is 1.15. The van der Waals surface area contributed by atoms with Crippen LogP contribution in [0.25, 0.3) is 0 Å². The molecule has 1 radical (unpaired) electrons. The molecule has 0 aromatic carbocycles. The smallest absolute Gasteiger partial charge is 0.434 e. The van der Waals surface area contributed by atoms with E-state index in [0.29, 0.717) is 0 Å². The van der Waals surface area contributed by atoms with Gasteiger partial charge in [0.25, 0.3) is 0 Å². The highest BCUT2D eigenvalue weighted by atomic mass is 16.4. The molecule has 6 heavy (non-hydrogen) atoms. The third-order valence-electron chi connectivity index (χ3n) is 0.163. The quantitative estimate of drug-likeness (QED) is 0.436. The van der Waals surface area contributed by atoms with E-state index < -0.39 is 6.09 Å². The fourth-order valence-electron chi connectivity index (χ4n) is 0.0451. The van der Waals surface area contributed by atoms with Crippen molar-refractivity contribution in [3.8, 4) is 0 Å². The van der Waals surface area contributed by atoms with Crippen LogP contribution in [0.1, 0.15) is 0 Å². The second kappa shape index (κ2) is 2.19. The minimum absolute atomic E-state index is 0.0255. The number of hydrogen-bond donors (Lipinski definition) is 1. The largest absolute Gasteiger partial charge is 0.463 e. The number of carboxylic acid groups (broad SMARTS) is 1. The summed E-state index contributed by atoms with van der Waals surface area (Å²) in [6.45, 7) is 0. The van der Waals surface area contributed by atoms with Crippen LogP contribution in [0, 0.1) is 0 Å². The predicted octanol–water partition coefficient (Wildman–Crippen LogP) is -0.575. The molecule has 0 bridgehead atoms. The average Bonchev–Trinajstić information content (AvgIpc) is 1.35. The van der Waals surface area contributed by atoms with Crippen molar-refractivity contribution in [1.29, 1.82) is 0 Å². The Labute approximate surface area is 33.8 Å².